The van der Waals surface area contributed by atoms with E-state index in [1.165, 1.54) is 12.1 Å². The molecule has 1 aromatic heterocycles. The van der Waals surface area contributed by atoms with Crippen LogP contribution in [0.2, 0.25) is 0 Å². The Balaban J connectivity index is 1.34. The van der Waals surface area contributed by atoms with E-state index in [2.05, 4.69) is 48.4 Å². The molecule has 0 aliphatic heterocycles. The van der Waals surface area contributed by atoms with E-state index in [4.69, 9.17) is 0 Å². The summed E-state index contributed by atoms with van der Waals surface area (Å²) in [5.74, 6) is -0.146. The van der Waals surface area contributed by atoms with Crippen molar-refractivity contribution in [2.75, 3.05) is 6.54 Å². The zero-order valence-corrected chi connectivity index (χ0v) is 25.5. The zero-order chi connectivity index (χ0) is 31.8. The highest BCUT2D eigenvalue weighted by molar-refractivity contribution is 5.94. The maximum atomic E-state index is 13.9. The first-order chi connectivity index (χ1) is 21.8. The topological polar surface area (TPSA) is 110 Å². The number of non-ortho nitro benzene ring substituents is 1. The summed E-state index contributed by atoms with van der Waals surface area (Å²) < 4.78 is 1.87. The van der Waals surface area contributed by atoms with Crippen molar-refractivity contribution in [3.63, 3.8) is 0 Å². The van der Waals surface area contributed by atoms with Crippen molar-refractivity contribution in [2.45, 2.75) is 45.8 Å². The van der Waals surface area contributed by atoms with E-state index in [0.29, 0.717) is 25.2 Å². The van der Waals surface area contributed by atoms with Gasteiger partial charge >= 0.3 is 0 Å². The van der Waals surface area contributed by atoms with Crippen LogP contribution in [0.1, 0.15) is 47.4 Å². The molecule has 0 saturated carbocycles. The van der Waals surface area contributed by atoms with E-state index in [1.807, 2.05) is 58.0 Å². The Morgan fingerprint density at radius 2 is 1.67 bits per heavy atom. The number of benzene rings is 4. The standard InChI is InChI=1S/C36H37N5O4/c1-3-26(2)34(38-35(42)20-32-21-37-25-40(32)22-27-16-18-31(19-17-27)41(44)45)24-39(36(43)29-11-5-4-6-12-29)23-30-14-9-13-28-10-7-8-15-33(28)30/h4-19,21,25-26,34H,3,20,22-24H2,1-2H3,(H,38,42)/t26-,34+/m0/s1. The van der Waals surface area contributed by atoms with E-state index in [-0.39, 0.29) is 35.9 Å². The zero-order valence-electron chi connectivity index (χ0n) is 25.5. The Kier molecular flexibility index (Phi) is 9.99. The predicted octanol–water partition coefficient (Wildman–Crippen LogP) is 6.41. The van der Waals surface area contributed by atoms with E-state index in [1.54, 1.807) is 24.7 Å². The van der Waals surface area contributed by atoms with E-state index in [9.17, 15) is 19.7 Å². The highest BCUT2D eigenvalue weighted by Gasteiger charge is 2.26. The minimum atomic E-state index is -0.429. The van der Waals surface area contributed by atoms with Crippen LogP contribution >= 0.6 is 0 Å². The van der Waals surface area contributed by atoms with Crippen molar-refractivity contribution in [3.05, 3.63) is 142 Å². The molecule has 0 saturated heterocycles. The van der Waals surface area contributed by atoms with Crippen LogP contribution in [0.4, 0.5) is 5.69 Å². The number of carbonyl (C=O) groups is 2. The summed E-state index contributed by atoms with van der Waals surface area (Å²) in [5, 5.41) is 16.4. The first-order valence-corrected chi connectivity index (χ1v) is 15.1. The lowest BCUT2D eigenvalue weighted by Crippen LogP contribution is -2.49. The number of hydrogen-bond acceptors (Lipinski definition) is 5. The summed E-state index contributed by atoms with van der Waals surface area (Å²) in [6.45, 7) is 5.35. The van der Waals surface area contributed by atoms with Gasteiger partial charge in [-0.3, -0.25) is 19.7 Å². The SMILES string of the molecule is CC[C@H](C)[C@@H](CN(Cc1cccc2ccccc12)C(=O)c1ccccc1)NC(=O)Cc1cncn1Cc1ccc([N+](=O)[O-])cc1. The number of hydrogen-bond donors (Lipinski definition) is 1. The van der Waals surface area contributed by atoms with Crippen molar-refractivity contribution >= 4 is 28.3 Å². The van der Waals surface area contributed by atoms with Gasteiger partial charge in [0.05, 0.1) is 17.7 Å². The number of carbonyl (C=O) groups excluding carboxylic acids is 2. The molecule has 5 rings (SSSR count). The van der Waals surface area contributed by atoms with E-state index >= 15 is 0 Å². The van der Waals surface area contributed by atoms with E-state index < -0.39 is 4.92 Å². The first-order valence-electron chi connectivity index (χ1n) is 15.1. The highest BCUT2D eigenvalue weighted by atomic mass is 16.6. The van der Waals surface area contributed by atoms with Crippen LogP contribution in [-0.4, -0.2) is 43.8 Å². The van der Waals surface area contributed by atoms with Crippen LogP contribution in [0.3, 0.4) is 0 Å². The van der Waals surface area contributed by atoms with Gasteiger partial charge in [-0.25, -0.2) is 4.98 Å². The second-order valence-electron chi connectivity index (χ2n) is 11.4. The van der Waals surface area contributed by atoms with Crippen molar-refractivity contribution in [1.82, 2.24) is 19.8 Å². The lowest BCUT2D eigenvalue weighted by atomic mass is 9.97. The lowest BCUT2D eigenvalue weighted by Gasteiger charge is -2.32. The van der Waals surface area contributed by atoms with E-state index in [0.717, 1.165) is 34.0 Å². The van der Waals surface area contributed by atoms with Gasteiger partial charge in [-0.1, -0.05) is 93.1 Å². The quantitative estimate of drug-likeness (QED) is 0.124. The maximum Gasteiger partial charge on any atom is 0.269 e. The van der Waals surface area contributed by atoms with Crippen LogP contribution < -0.4 is 5.32 Å². The molecule has 1 heterocycles. The fourth-order valence-electron chi connectivity index (χ4n) is 5.49. The summed E-state index contributed by atoms with van der Waals surface area (Å²) in [4.78, 5) is 44.1. The molecule has 0 radical (unpaired) electrons. The van der Waals surface area contributed by atoms with Crippen molar-refractivity contribution < 1.29 is 14.5 Å². The third-order valence-corrected chi connectivity index (χ3v) is 8.28. The Labute approximate surface area is 262 Å². The summed E-state index contributed by atoms with van der Waals surface area (Å²) in [6, 6.07) is 29.6. The van der Waals surface area contributed by atoms with Gasteiger partial charge in [0.25, 0.3) is 11.6 Å². The molecule has 0 fully saturated rings. The minimum absolute atomic E-state index is 0.0281. The second kappa shape index (κ2) is 14.4. The molecular weight excluding hydrogens is 566 g/mol. The number of fused-ring (bicyclic) bond motifs is 1. The summed E-state index contributed by atoms with van der Waals surface area (Å²) in [6.07, 6.45) is 4.25. The third-order valence-electron chi connectivity index (χ3n) is 8.28. The Hall–Kier alpha value is -5.31. The van der Waals surface area contributed by atoms with Gasteiger partial charge in [-0.15, -0.1) is 0 Å². The van der Waals surface area contributed by atoms with Crippen molar-refractivity contribution in [1.29, 1.82) is 0 Å². The Morgan fingerprint density at radius 3 is 2.40 bits per heavy atom. The molecule has 1 N–H and O–H groups in total. The molecule has 2 amide bonds. The molecule has 9 heteroatoms. The van der Waals surface area contributed by atoms with Gasteiger partial charge in [-0.05, 0) is 39.9 Å². The smallest absolute Gasteiger partial charge is 0.269 e. The molecule has 0 aliphatic rings. The highest BCUT2D eigenvalue weighted by Crippen LogP contribution is 2.22. The fraction of sp³-hybridized carbons (Fsp3) is 0.250. The van der Waals surface area contributed by atoms with Gasteiger partial charge < -0.3 is 14.8 Å². The van der Waals surface area contributed by atoms with Crippen molar-refractivity contribution in [2.24, 2.45) is 5.92 Å². The molecule has 4 aromatic carbocycles. The maximum absolute atomic E-state index is 13.9. The van der Waals surface area contributed by atoms with Gasteiger partial charge in [0.1, 0.15) is 0 Å². The number of nitrogens with zero attached hydrogens (tertiary/aromatic N) is 4. The van der Waals surface area contributed by atoms with Crippen LogP contribution in [0, 0.1) is 16.0 Å². The molecule has 45 heavy (non-hydrogen) atoms. The monoisotopic (exact) mass is 603 g/mol. The van der Waals surface area contributed by atoms with Crippen LogP contribution in [-0.2, 0) is 24.3 Å². The number of aromatic nitrogens is 2. The first kappa shape index (κ1) is 31.1. The molecule has 5 aromatic rings. The Morgan fingerprint density at radius 1 is 0.956 bits per heavy atom. The molecule has 2 atom stereocenters. The molecule has 230 valence electrons. The minimum Gasteiger partial charge on any atom is -0.351 e. The lowest BCUT2D eigenvalue weighted by molar-refractivity contribution is -0.384. The third kappa shape index (κ3) is 7.80. The largest absolute Gasteiger partial charge is 0.351 e. The fourth-order valence-corrected chi connectivity index (χ4v) is 5.49. The van der Waals surface area contributed by atoms with Crippen molar-refractivity contribution in [3.8, 4) is 0 Å². The normalized spacial score (nSPS) is 12.4. The molecule has 0 aliphatic carbocycles. The summed E-state index contributed by atoms with van der Waals surface area (Å²) >= 11 is 0. The van der Waals surface area contributed by atoms with Crippen LogP contribution in [0.5, 0.6) is 0 Å². The van der Waals surface area contributed by atoms with Gasteiger partial charge in [-0.2, -0.15) is 0 Å². The van der Waals surface area contributed by atoms with Gasteiger partial charge in [0.15, 0.2) is 0 Å². The molecule has 0 bridgehead atoms. The molecular formula is C36H37N5O4. The molecule has 0 spiro atoms. The number of nitrogens with one attached hydrogen (secondary N) is 1. The summed E-state index contributed by atoms with van der Waals surface area (Å²) in [7, 11) is 0. The number of imidazole rings is 1. The molecule has 0 unspecified atom stereocenters. The number of rotatable bonds is 13. The van der Waals surface area contributed by atoms with Gasteiger partial charge in [0.2, 0.25) is 5.91 Å². The number of amides is 2. The predicted molar refractivity (Wildman–Crippen MR) is 175 cm³/mol. The van der Waals surface area contributed by atoms with Crippen LogP contribution in [0.15, 0.2) is 110 Å². The average molecular weight is 604 g/mol. The summed E-state index contributed by atoms with van der Waals surface area (Å²) in [5.41, 5.74) is 3.26. The van der Waals surface area contributed by atoms with Gasteiger partial charge in [0, 0.05) is 55.3 Å². The number of nitro groups is 1. The van der Waals surface area contributed by atoms with Crippen LogP contribution in [0.25, 0.3) is 10.8 Å². The Bertz CT molecular complexity index is 1760. The number of nitro benzene ring substituents is 1. The second-order valence-corrected chi connectivity index (χ2v) is 11.4. The molecule has 9 nitrogen and oxygen atoms in total. The average Bonchev–Trinajstić information content (AvgIpc) is 3.49.